The van der Waals surface area contributed by atoms with E-state index in [2.05, 4.69) is 20.8 Å². The summed E-state index contributed by atoms with van der Waals surface area (Å²) >= 11 is 3.48. The number of carbonyl (C=O) groups excluding carboxylic acids is 1. The minimum Gasteiger partial charge on any atom is -0.496 e. The van der Waals surface area contributed by atoms with Crippen LogP contribution in [0.1, 0.15) is 32.6 Å². The zero-order valence-electron chi connectivity index (χ0n) is 20.5. The number of halogens is 1. The van der Waals surface area contributed by atoms with Gasteiger partial charge in [-0.2, -0.15) is 0 Å². The van der Waals surface area contributed by atoms with Crippen LogP contribution in [0.3, 0.4) is 0 Å². The molecule has 0 fully saturated rings. The van der Waals surface area contributed by atoms with Gasteiger partial charge in [0.1, 0.15) is 24.0 Å². The van der Waals surface area contributed by atoms with E-state index in [1.807, 2.05) is 49.4 Å². The van der Waals surface area contributed by atoms with Gasteiger partial charge in [0.25, 0.3) is 0 Å². The van der Waals surface area contributed by atoms with E-state index in [1.165, 1.54) is 0 Å². The molecular weight excluding hydrogens is 526 g/mol. The number of hydrogen-bond acceptors (Lipinski definition) is 7. The van der Waals surface area contributed by atoms with Crippen LogP contribution >= 0.6 is 15.9 Å². The van der Waals surface area contributed by atoms with Crippen LogP contribution in [0, 0.1) is 6.92 Å². The Morgan fingerprint density at radius 2 is 1.75 bits per heavy atom. The molecule has 0 bridgehead atoms. The number of ketones is 1. The number of hydrogen-bond donors (Lipinski definition) is 0. The summed E-state index contributed by atoms with van der Waals surface area (Å²) in [5.74, 6) is 3.43. The molecule has 0 amide bonds. The summed E-state index contributed by atoms with van der Waals surface area (Å²) in [4.78, 5) is 15.5. The molecule has 36 heavy (non-hydrogen) atoms. The van der Waals surface area contributed by atoms with Gasteiger partial charge >= 0.3 is 0 Å². The van der Waals surface area contributed by atoms with Crippen LogP contribution < -0.4 is 23.7 Å². The van der Waals surface area contributed by atoms with Crippen LogP contribution in [0.4, 0.5) is 0 Å². The number of Topliss-reactive ketones (excluding diaryl/α,β-unsaturated/α-hetero) is 1. The number of benzene rings is 3. The average molecular weight is 552 g/mol. The van der Waals surface area contributed by atoms with Crippen molar-refractivity contribution >= 4 is 27.8 Å². The summed E-state index contributed by atoms with van der Waals surface area (Å²) in [6.45, 7) is 3.54. The molecule has 0 aliphatic carbocycles. The number of allylic oxidation sites excluding steroid dienone is 1. The normalized spacial score (nSPS) is 15.7. The number of nitrogens with zero attached hydrogens (tertiary/aromatic N) is 1. The lowest BCUT2D eigenvalue weighted by molar-refractivity contribution is 0.0871. The first kappa shape index (κ1) is 24.2. The number of fused-ring (bicyclic) bond motifs is 3. The second-order valence-electron chi connectivity index (χ2n) is 8.65. The molecule has 7 nitrogen and oxygen atoms in total. The van der Waals surface area contributed by atoms with Gasteiger partial charge in [-0.25, -0.2) is 0 Å². The van der Waals surface area contributed by atoms with E-state index in [-0.39, 0.29) is 11.5 Å². The number of methoxy groups -OCH3 is 3. The summed E-state index contributed by atoms with van der Waals surface area (Å²) in [7, 11) is 4.84. The van der Waals surface area contributed by atoms with E-state index in [0.29, 0.717) is 48.4 Å². The van der Waals surface area contributed by atoms with Gasteiger partial charge in [0, 0.05) is 23.1 Å². The summed E-state index contributed by atoms with van der Waals surface area (Å²) in [6.07, 6.45) is 1.73. The Bertz CT molecular complexity index is 1380. The lowest BCUT2D eigenvalue weighted by Crippen LogP contribution is -2.31. The van der Waals surface area contributed by atoms with Gasteiger partial charge in [0.15, 0.2) is 17.3 Å². The highest BCUT2D eigenvalue weighted by Gasteiger charge is 2.35. The average Bonchev–Trinajstić information content (AvgIpc) is 3.21. The number of carbonyl (C=O) groups is 1. The molecular formula is C28H26BrNO6. The number of aryl methyl sites for hydroxylation is 1. The summed E-state index contributed by atoms with van der Waals surface area (Å²) in [5, 5.41) is 0. The summed E-state index contributed by atoms with van der Waals surface area (Å²) in [6, 6.07) is 13.4. The zero-order valence-corrected chi connectivity index (χ0v) is 22.1. The SMILES string of the molecule is COc1ccc(Br)cc1/C=C1\Oc2c3c(cc(C)c2C1=O)OCN(Cc1ccc(OC)c(OC)c1)C3. The maximum atomic E-state index is 13.4. The largest absolute Gasteiger partial charge is 0.496 e. The van der Waals surface area contributed by atoms with E-state index >= 15 is 0 Å². The molecule has 186 valence electrons. The molecule has 5 rings (SSSR count). The molecule has 2 aliphatic rings. The Hall–Kier alpha value is -3.49. The highest BCUT2D eigenvalue weighted by Crippen LogP contribution is 2.44. The predicted octanol–water partition coefficient (Wildman–Crippen LogP) is 5.75. The molecule has 0 unspecified atom stereocenters. The van der Waals surface area contributed by atoms with E-state index in [4.69, 9.17) is 23.7 Å². The number of ether oxygens (including phenoxy) is 5. The van der Waals surface area contributed by atoms with Crippen LogP contribution in [0.5, 0.6) is 28.7 Å². The molecule has 2 heterocycles. The number of rotatable bonds is 6. The van der Waals surface area contributed by atoms with Crippen LogP contribution in [0.15, 0.2) is 52.7 Å². The van der Waals surface area contributed by atoms with E-state index in [9.17, 15) is 4.79 Å². The van der Waals surface area contributed by atoms with Gasteiger partial charge in [-0.3, -0.25) is 9.69 Å². The third-order valence-corrected chi connectivity index (χ3v) is 6.81. The predicted molar refractivity (Wildman–Crippen MR) is 139 cm³/mol. The van der Waals surface area contributed by atoms with Gasteiger partial charge in [0.05, 0.1) is 32.5 Å². The third-order valence-electron chi connectivity index (χ3n) is 6.32. The fourth-order valence-electron chi connectivity index (χ4n) is 4.57. The highest BCUT2D eigenvalue weighted by atomic mass is 79.9. The second-order valence-corrected chi connectivity index (χ2v) is 9.57. The first-order chi connectivity index (χ1) is 17.4. The van der Waals surface area contributed by atoms with Crippen molar-refractivity contribution in [3.63, 3.8) is 0 Å². The molecule has 0 saturated carbocycles. The molecule has 2 aliphatic heterocycles. The standard InChI is InChI=1S/C28H26BrNO6/c1-16-9-23-20(14-30(15-35-23)13-17-5-7-22(33-3)24(10-17)34-4)28-26(16)27(31)25(36-28)12-18-11-19(29)6-8-21(18)32-2/h5-12H,13-15H2,1-4H3/b25-12-. The minimum absolute atomic E-state index is 0.149. The zero-order chi connectivity index (χ0) is 25.4. The molecule has 3 aromatic rings. The topological polar surface area (TPSA) is 66.5 Å². The van der Waals surface area contributed by atoms with Crippen molar-refractivity contribution in [2.24, 2.45) is 0 Å². The molecule has 0 saturated heterocycles. The summed E-state index contributed by atoms with van der Waals surface area (Å²) < 4.78 is 29.4. The van der Waals surface area contributed by atoms with Gasteiger partial charge < -0.3 is 23.7 Å². The van der Waals surface area contributed by atoms with Gasteiger partial charge in [-0.05, 0) is 60.5 Å². The van der Waals surface area contributed by atoms with Crippen molar-refractivity contribution in [1.29, 1.82) is 0 Å². The van der Waals surface area contributed by atoms with Gasteiger partial charge in [-0.15, -0.1) is 0 Å². The highest BCUT2D eigenvalue weighted by molar-refractivity contribution is 9.10. The van der Waals surface area contributed by atoms with Crippen LogP contribution in [0.25, 0.3) is 6.08 Å². The third kappa shape index (κ3) is 4.42. The molecule has 3 aromatic carbocycles. The van der Waals surface area contributed by atoms with Crippen LogP contribution in [0.2, 0.25) is 0 Å². The van der Waals surface area contributed by atoms with Gasteiger partial charge in [0.2, 0.25) is 5.78 Å². The second kappa shape index (κ2) is 9.87. The molecule has 0 radical (unpaired) electrons. The van der Waals surface area contributed by atoms with Crippen molar-refractivity contribution in [2.45, 2.75) is 20.0 Å². The van der Waals surface area contributed by atoms with Crippen molar-refractivity contribution < 1.29 is 28.5 Å². The van der Waals surface area contributed by atoms with Gasteiger partial charge in [-0.1, -0.05) is 22.0 Å². The lowest BCUT2D eigenvalue weighted by atomic mass is 9.98. The Kier molecular flexibility index (Phi) is 6.64. The van der Waals surface area contributed by atoms with E-state index in [1.54, 1.807) is 27.4 Å². The first-order valence-electron chi connectivity index (χ1n) is 11.4. The van der Waals surface area contributed by atoms with E-state index < -0.39 is 0 Å². The van der Waals surface area contributed by atoms with Crippen molar-refractivity contribution in [1.82, 2.24) is 4.90 Å². The Balaban J connectivity index is 1.45. The summed E-state index contributed by atoms with van der Waals surface area (Å²) in [5.41, 5.74) is 4.07. The lowest BCUT2D eigenvalue weighted by Gasteiger charge is -2.30. The van der Waals surface area contributed by atoms with Crippen molar-refractivity contribution in [3.05, 3.63) is 80.5 Å². The molecule has 0 atom stereocenters. The van der Waals surface area contributed by atoms with E-state index in [0.717, 1.165) is 32.5 Å². The maximum absolute atomic E-state index is 13.4. The first-order valence-corrected chi connectivity index (χ1v) is 12.2. The maximum Gasteiger partial charge on any atom is 0.232 e. The smallest absolute Gasteiger partial charge is 0.232 e. The van der Waals surface area contributed by atoms with Crippen molar-refractivity contribution in [2.75, 3.05) is 28.1 Å². The fraction of sp³-hybridized carbons (Fsp3) is 0.250. The molecule has 0 spiro atoms. The fourth-order valence-corrected chi connectivity index (χ4v) is 4.95. The Morgan fingerprint density at radius 3 is 2.50 bits per heavy atom. The molecule has 0 N–H and O–H groups in total. The Morgan fingerprint density at radius 1 is 1.00 bits per heavy atom. The monoisotopic (exact) mass is 551 g/mol. The minimum atomic E-state index is -0.149. The Labute approximate surface area is 218 Å². The van der Waals surface area contributed by atoms with Crippen molar-refractivity contribution in [3.8, 4) is 28.7 Å². The van der Waals surface area contributed by atoms with Crippen LogP contribution in [-0.2, 0) is 13.1 Å². The van der Waals surface area contributed by atoms with Crippen LogP contribution in [-0.4, -0.2) is 38.7 Å². The quantitative estimate of drug-likeness (QED) is 0.361. The molecule has 8 heteroatoms. The molecule has 0 aromatic heterocycles.